The van der Waals surface area contributed by atoms with Gasteiger partial charge in [-0.1, -0.05) is 12.1 Å². The molecule has 0 atom stereocenters. The standard InChI is InChI=1S/C15H20N2O3/c1-12(17-7-9-20-10-8-17)11-15(18)16-13-5-3-4-6-14(13)19-2/h3-6,11H,7-10H2,1-2H3,(H,16,18)/b12-11+. The lowest BCUT2D eigenvalue weighted by Crippen LogP contribution is -2.35. The number of carbonyl (C=O) groups is 1. The van der Waals surface area contributed by atoms with Gasteiger partial charge in [0.1, 0.15) is 5.75 Å². The molecule has 1 fully saturated rings. The van der Waals surface area contributed by atoms with E-state index in [-0.39, 0.29) is 5.91 Å². The third-order valence-electron chi connectivity index (χ3n) is 3.21. The maximum Gasteiger partial charge on any atom is 0.250 e. The Morgan fingerprint density at radius 2 is 2.05 bits per heavy atom. The number of amides is 1. The largest absolute Gasteiger partial charge is 0.495 e. The van der Waals surface area contributed by atoms with Crippen molar-refractivity contribution in [2.45, 2.75) is 6.92 Å². The number of anilines is 1. The SMILES string of the molecule is COc1ccccc1NC(=O)/C=C(\C)N1CCOCC1. The molecule has 1 amide bonds. The van der Waals surface area contributed by atoms with Crippen molar-refractivity contribution in [1.82, 2.24) is 4.90 Å². The predicted octanol–water partition coefficient (Wildman–Crippen LogP) is 1.87. The molecule has 20 heavy (non-hydrogen) atoms. The van der Waals surface area contributed by atoms with Crippen LogP contribution in [-0.2, 0) is 9.53 Å². The van der Waals surface area contributed by atoms with Gasteiger partial charge in [0.15, 0.2) is 0 Å². The van der Waals surface area contributed by atoms with Crippen LogP contribution in [0.15, 0.2) is 36.0 Å². The number of para-hydroxylation sites is 2. The van der Waals surface area contributed by atoms with Crippen LogP contribution in [0.4, 0.5) is 5.69 Å². The van der Waals surface area contributed by atoms with E-state index >= 15 is 0 Å². The molecule has 1 aromatic rings. The summed E-state index contributed by atoms with van der Waals surface area (Å²) < 4.78 is 10.5. The summed E-state index contributed by atoms with van der Waals surface area (Å²) in [5.74, 6) is 0.497. The van der Waals surface area contributed by atoms with Crippen molar-refractivity contribution < 1.29 is 14.3 Å². The molecule has 1 aliphatic heterocycles. The summed E-state index contributed by atoms with van der Waals surface area (Å²) in [5.41, 5.74) is 1.62. The molecule has 0 bridgehead atoms. The van der Waals surface area contributed by atoms with Gasteiger partial charge in [-0.25, -0.2) is 0 Å². The summed E-state index contributed by atoms with van der Waals surface area (Å²) in [6.07, 6.45) is 1.61. The molecular weight excluding hydrogens is 256 g/mol. The Morgan fingerprint density at radius 3 is 2.75 bits per heavy atom. The van der Waals surface area contributed by atoms with Crippen LogP contribution in [0.3, 0.4) is 0 Å². The lowest BCUT2D eigenvalue weighted by Gasteiger charge is -2.29. The van der Waals surface area contributed by atoms with Crippen LogP contribution in [0, 0.1) is 0 Å². The van der Waals surface area contributed by atoms with Gasteiger partial charge in [0.25, 0.3) is 0 Å². The smallest absolute Gasteiger partial charge is 0.250 e. The first kappa shape index (κ1) is 14.4. The van der Waals surface area contributed by atoms with Crippen LogP contribution in [0.1, 0.15) is 6.92 Å². The van der Waals surface area contributed by atoms with Crippen molar-refractivity contribution in [2.75, 3.05) is 38.7 Å². The Morgan fingerprint density at radius 1 is 1.35 bits per heavy atom. The fourth-order valence-corrected chi connectivity index (χ4v) is 2.11. The van der Waals surface area contributed by atoms with Crippen molar-refractivity contribution in [2.24, 2.45) is 0 Å². The molecule has 2 rings (SSSR count). The average molecular weight is 276 g/mol. The molecule has 5 nitrogen and oxygen atoms in total. The summed E-state index contributed by atoms with van der Waals surface area (Å²) in [4.78, 5) is 14.2. The van der Waals surface area contributed by atoms with E-state index in [1.807, 2.05) is 31.2 Å². The first-order valence-electron chi connectivity index (χ1n) is 6.65. The van der Waals surface area contributed by atoms with E-state index < -0.39 is 0 Å². The van der Waals surface area contributed by atoms with E-state index in [0.29, 0.717) is 24.7 Å². The molecule has 0 unspecified atom stereocenters. The zero-order valence-corrected chi connectivity index (χ0v) is 11.9. The van der Waals surface area contributed by atoms with Crippen LogP contribution < -0.4 is 10.1 Å². The van der Waals surface area contributed by atoms with Gasteiger partial charge in [-0.05, 0) is 19.1 Å². The van der Waals surface area contributed by atoms with Crippen molar-refractivity contribution >= 4 is 11.6 Å². The highest BCUT2D eigenvalue weighted by Crippen LogP contribution is 2.23. The Balaban J connectivity index is 2.00. The first-order valence-corrected chi connectivity index (χ1v) is 6.65. The predicted molar refractivity (Wildman–Crippen MR) is 77.8 cm³/mol. The topological polar surface area (TPSA) is 50.8 Å². The first-order chi connectivity index (χ1) is 9.70. The minimum absolute atomic E-state index is 0.154. The van der Waals surface area contributed by atoms with Gasteiger partial charge in [-0.2, -0.15) is 0 Å². The van der Waals surface area contributed by atoms with Gasteiger partial charge in [0.2, 0.25) is 5.91 Å². The zero-order chi connectivity index (χ0) is 14.4. The molecule has 0 radical (unpaired) electrons. The van der Waals surface area contributed by atoms with Gasteiger partial charge in [-0.3, -0.25) is 4.79 Å². The van der Waals surface area contributed by atoms with E-state index in [4.69, 9.17) is 9.47 Å². The normalized spacial score (nSPS) is 15.9. The van der Waals surface area contributed by atoms with Gasteiger partial charge >= 0.3 is 0 Å². The van der Waals surface area contributed by atoms with Crippen LogP contribution in [0.2, 0.25) is 0 Å². The monoisotopic (exact) mass is 276 g/mol. The summed E-state index contributed by atoms with van der Waals surface area (Å²) in [7, 11) is 1.58. The maximum absolute atomic E-state index is 12.0. The zero-order valence-electron chi connectivity index (χ0n) is 11.9. The number of hydrogen-bond donors (Lipinski definition) is 1. The molecular formula is C15H20N2O3. The van der Waals surface area contributed by atoms with E-state index in [9.17, 15) is 4.79 Å². The number of carbonyl (C=O) groups excluding carboxylic acids is 1. The van der Waals surface area contributed by atoms with Crippen LogP contribution in [0.5, 0.6) is 5.75 Å². The van der Waals surface area contributed by atoms with Crippen LogP contribution in [-0.4, -0.2) is 44.2 Å². The fraction of sp³-hybridized carbons (Fsp3) is 0.400. The minimum atomic E-state index is -0.154. The Bertz CT molecular complexity index is 494. The summed E-state index contributed by atoms with van der Waals surface area (Å²) in [5, 5.41) is 2.83. The van der Waals surface area contributed by atoms with Crippen molar-refractivity contribution in [1.29, 1.82) is 0 Å². The summed E-state index contributed by atoms with van der Waals surface area (Å²) in [6.45, 7) is 5.00. The van der Waals surface area contributed by atoms with Gasteiger partial charge < -0.3 is 19.7 Å². The number of nitrogens with zero attached hydrogens (tertiary/aromatic N) is 1. The van der Waals surface area contributed by atoms with Crippen molar-refractivity contribution in [3.05, 3.63) is 36.0 Å². The van der Waals surface area contributed by atoms with Crippen LogP contribution in [0.25, 0.3) is 0 Å². The van der Waals surface area contributed by atoms with Crippen molar-refractivity contribution in [3.63, 3.8) is 0 Å². The highest BCUT2D eigenvalue weighted by atomic mass is 16.5. The molecule has 1 saturated heterocycles. The molecule has 1 N–H and O–H groups in total. The molecule has 1 aliphatic rings. The van der Waals surface area contributed by atoms with Gasteiger partial charge in [0, 0.05) is 24.9 Å². The third kappa shape index (κ3) is 3.74. The number of ether oxygens (including phenoxy) is 2. The Kier molecular flexibility index (Phi) is 5.01. The average Bonchev–Trinajstić information content (AvgIpc) is 2.48. The number of methoxy groups -OCH3 is 1. The Labute approximate surface area is 119 Å². The number of nitrogens with one attached hydrogen (secondary N) is 1. The lowest BCUT2D eigenvalue weighted by molar-refractivity contribution is -0.112. The number of allylic oxidation sites excluding steroid dienone is 1. The number of morpholine rings is 1. The van der Waals surface area contributed by atoms with Gasteiger partial charge in [0.05, 0.1) is 26.0 Å². The van der Waals surface area contributed by atoms with Gasteiger partial charge in [-0.15, -0.1) is 0 Å². The summed E-state index contributed by atoms with van der Waals surface area (Å²) in [6, 6.07) is 7.35. The minimum Gasteiger partial charge on any atom is -0.495 e. The molecule has 108 valence electrons. The van der Waals surface area contributed by atoms with Crippen molar-refractivity contribution in [3.8, 4) is 5.75 Å². The molecule has 0 aromatic heterocycles. The third-order valence-corrected chi connectivity index (χ3v) is 3.21. The van der Waals surface area contributed by atoms with E-state index in [2.05, 4.69) is 10.2 Å². The molecule has 5 heteroatoms. The molecule has 1 aromatic carbocycles. The highest BCUT2D eigenvalue weighted by Gasteiger charge is 2.12. The lowest BCUT2D eigenvalue weighted by atomic mass is 10.2. The fourth-order valence-electron chi connectivity index (χ4n) is 2.11. The second-order valence-electron chi connectivity index (χ2n) is 4.57. The second-order valence-corrected chi connectivity index (χ2v) is 4.57. The number of benzene rings is 1. The number of hydrogen-bond acceptors (Lipinski definition) is 4. The van der Waals surface area contributed by atoms with E-state index in [1.165, 1.54) is 0 Å². The summed E-state index contributed by atoms with van der Waals surface area (Å²) >= 11 is 0. The number of rotatable bonds is 4. The van der Waals surface area contributed by atoms with E-state index in [1.54, 1.807) is 13.2 Å². The van der Waals surface area contributed by atoms with E-state index in [0.717, 1.165) is 18.8 Å². The molecule has 0 saturated carbocycles. The van der Waals surface area contributed by atoms with Crippen LogP contribution >= 0.6 is 0 Å². The highest BCUT2D eigenvalue weighted by molar-refractivity contribution is 6.00. The molecule has 1 heterocycles. The second kappa shape index (κ2) is 6.96. The molecule has 0 aliphatic carbocycles. The Hall–Kier alpha value is -2.01. The maximum atomic E-state index is 12.0. The quantitative estimate of drug-likeness (QED) is 0.853. The molecule has 0 spiro atoms.